The predicted octanol–water partition coefficient (Wildman–Crippen LogP) is 2.61. The monoisotopic (exact) mass is 463 g/mol. The van der Waals surface area contributed by atoms with Crippen LogP contribution in [0.5, 0.6) is 0 Å². The molecule has 0 aromatic carbocycles. The van der Waals surface area contributed by atoms with E-state index in [2.05, 4.69) is 27.5 Å². The van der Waals surface area contributed by atoms with Gasteiger partial charge in [-0.1, -0.05) is 11.6 Å². The number of imidazole rings is 1. The fraction of sp³-hybridized carbons (Fsp3) is 0.476. The maximum absolute atomic E-state index is 12.3. The van der Waals surface area contributed by atoms with E-state index >= 15 is 0 Å². The van der Waals surface area contributed by atoms with Gasteiger partial charge in [0.15, 0.2) is 5.65 Å². The highest BCUT2D eigenvalue weighted by Gasteiger charge is 2.46. The molecule has 1 saturated carbocycles. The summed E-state index contributed by atoms with van der Waals surface area (Å²) < 4.78 is 2.53. The fourth-order valence-electron chi connectivity index (χ4n) is 4.22. The second-order valence-electron chi connectivity index (χ2n) is 7.92. The second-order valence-corrected chi connectivity index (χ2v) is 9.72. The molecule has 1 unspecified atom stereocenters. The van der Waals surface area contributed by atoms with Gasteiger partial charge in [-0.15, -0.1) is 11.3 Å². The molecule has 3 heterocycles. The summed E-state index contributed by atoms with van der Waals surface area (Å²) in [5.41, 5.74) is 2.12. The van der Waals surface area contributed by atoms with Crippen molar-refractivity contribution in [2.24, 2.45) is 5.92 Å². The molecule has 4 N–H and O–H groups in total. The molecule has 10 heteroatoms. The number of nitrogens with zero attached hydrogens (tertiary/aromatic N) is 3. The number of aromatic nitrogens is 3. The number of carbonyl (C=O) groups is 1. The first kappa shape index (κ1) is 22.0. The molecule has 0 aliphatic heterocycles. The van der Waals surface area contributed by atoms with Crippen molar-refractivity contribution in [1.29, 1.82) is 0 Å². The average molecular weight is 464 g/mol. The quantitative estimate of drug-likeness (QED) is 0.428. The minimum atomic E-state index is -1.13. The number of aliphatic hydroxyl groups is 2. The molecule has 3 aromatic heterocycles. The molecular formula is C21H26ClN5O3S. The highest BCUT2D eigenvalue weighted by molar-refractivity contribution is 7.16. The fourth-order valence-corrected chi connectivity index (χ4v) is 5.44. The molecule has 5 atom stereocenters. The minimum absolute atomic E-state index is 0.145. The number of anilines is 1. The number of carbonyl (C=O) groups excluding carboxylic acids is 1. The van der Waals surface area contributed by atoms with Crippen LogP contribution >= 0.6 is 22.9 Å². The number of hydrogen-bond donors (Lipinski definition) is 4. The van der Waals surface area contributed by atoms with E-state index in [1.165, 1.54) is 4.88 Å². The molecule has 0 bridgehead atoms. The largest absolute Gasteiger partial charge is 0.390 e. The van der Waals surface area contributed by atoms with Gasteiger partial charge < -0.3 is 25.4 Å². The van der Waals surface area contributed by atoms with Gasteiger partial charge in [0, 0.05) is 30.1 Å². The third-order valence-electron chi connectivity index (χ3n) is 5.70. The van der Waals surface area contributed by atoms with Crippen molar-refractivity contribution in [3.05, 3.63) is 39.9 Å². The molecule has 4 rings (SSSR count). The van der Waals surface area contributed by atoms with Gasteiger partial charge in [0.05, 0.1) is 34.4 Å². The third-order valence-corrected chi connectivity index (χ3v) is 6.95. The van der Waals surface area contributed by atoms with Crippen LogP contribution in [0.1, 0.15) is 31.2 Å². The number of nitrogens with one attached hydrogen (secondary N) is 2. The van der Waals surface area contributed by atoms with Gasteiger partial charge in [0.1, 0.15) is 11.6 Å². The standard InChI is InChI=1S/C21H26ClN5O3S/c1-3-23-21(30)13-9-15(19(29)18(13)28)27-10-25-17-14(6-7-24-20(17)27)26-11(2)8-12-4-5-16(22)31-12/h4-7,10-11,13,15,18-19,28-29H,3,8-9H2,1-2H3,(H,23,30)(H,24,26)/t11?,13-,15+,18+,19-/m1/s1. The molecule has 1 amide bonds. The van der Waals surface area contributed by atoms with Gasteiger partial charge in [-0.3, -0.25) is 4.79 Å². The van der Waals surface area contributed by atoms with Crippen LogP contribution < -0.4 is 10.6 Å². The van der Waals surface area contributed by atoms with Gasteiger partial charge in [-0.05, 0) is 38.5 Å². The van der Waals surface area contributed by atoms with Crippen molar-refractivity contribution in [2.75, 3.05) is 11.9 Å². The van der Waals surface area contributed by atoms with Crippen LogP contribution in [-0.4, -0.2) is 55.4 Å². The number of pyridine rings is 1. The van der Waals surface area contributed by atoms with Crippen LogP contribution in [0.25, 0.3) is 11.2 Å². The Bertz CT molecular complexity index is 1070. The zero-order valence-corrected chi connectivity index (χ0v) is 18.9. The lowest BCUT2D eigenvalue weighted by molar-refractivity contribution is -0.128. The lowest BCUT2D eigenvalue weighted by atomic mass is 10.0. The highest BCUT2D eigenvalue weighted by Crippen LogP contribution is 2.37. The maximum atomic E-state index is 12.3. The van der Waals surface area contributed by atoms with E-state index in [0.717, 1.165) is 16.4 Å². The Morgan fingerprint density at radius 3 is 2.84 bits per heavy atom. The molecule has 0 radical (unpaired) electrons. The number of hydrogen-bond acceptors (Lipinski definition) is 7. The summed E-state index contributed by atoms with van der Waals surface area (Å²) >= 11 is 7.60. The molecule has 8 nitrogen and oxygen atoms in total. The molecule has 3 aromatic rings. The molecule has 166 valence electrons. The van der Waals surface area contributed by atoms with Crippen molar-refractivity contribution in [2.45, 2.75) is 51.0 Å². The molecule has 0 saturated heterocycles. The average Bonchev–Trinajstić information content (AvgIpc) is 3.41. The minimum Gasteiger partial charge on any atom is -0.390 e. The number of rotatable bonds is 7. The highest BCUT2D eigenvalue weighted by atomic mass is 35.5. The summed E-state index contributed by atoms with van der Waals surface area (Å²) in [4.78, 5) is 22.4. The molecule has 31 heavy (non-hydrogen) atoms. The number of halogens is 1. The summed E-state index contributed by atoms with van der Waals surface area (Å²) in [5.74, 6) is -0.921. The smallest absolute Gasteiger partial charge is 0.225 e. The van der Waals surface area contributed by atoms with Crippen LogP contribution in [0, 0.1) is 5.92 Å². The Morgan fingerprint density at radius 2 is 2.13 bits per heavy atom. The van der Waals surface area contributed by atoms with E-state index < -0.39 is 24.2 Å². The van der Waals surface area contributed by atoms with Gasteiger partial charge >= 0.3 is 0 Å². The van der Waals surface area contributed by atoms with E-state index in [-0.39, 0.29) is 11.9 Å². The molecular weight excluding hydrogens is 438 g/mol. The van der Waals surface area contributed by atoms with Gasteiger partial charge in [-0.25, -0.2) is 9.97 Å². The second kappa shape index (κ2) is 9.12. The first-order chi connectivity index (χ1) is 14.9. The molecule has 0 spiro atoms. The van der Waals surface area contributed by atoms with Crippen LogP contribution in [0.4, 0.5) is 5.69 Å². The Labute approximate surface area is 189 Å². The van der Waals surface area contributed by atoms with E-state index in [1.807, 2.05) is 25.1 Å². The first-order valence-corrected chi connectivity index (χ1v) is 11.5. The van der Waals surface area contributed by atoms with Crippen LogP contribution in [0.15, 0.2) is 30.7 Å². The van der Waals surface area contributed by atoms with Crippen LogP contribution in [0.3, 0.4) is 0 Å². The lowest BCUT2D eigenvalue weighted by Gasteiger charge is -2.18. The van der Waals surface area contributed by atoms with E-state index in [9.17, 15) is 15.0 Å². The summed E-state index contributed by atoms with van der Waals surface area (Å²) in [6, 6.07) is 5.46. The number of thiophene rings is 1. The number of amides is 1. The van der Waals surface area contributed by atoms with Crippen LogP contribution in [-0.2, 0) is 11.2 Å². The summed E-state index contributed by atoms with van der Waals surface area (Å²) in [6.07, 6.45) is 2.24. The zero-order valence-electron chi connectivity index (χ0n) is 17.3. The molecule has 1 fully saturated rings. The van der Waals surface area contributed by atoms with Gasteiger partial charge in [-0.2, -0.15) is 0 Å². The molecule has 1 aliphatic carbocycles. The van der Waals surface area contributed by atoms with Crippen molar-refractivity contribution in [1.82, 2.24) is 19.9 Å². The topological polar surface area (TPSA) is 112 Å². The lowest BCUT2D eigenvalue weighted by Crippen LogP contribution is -2.38. The Hall–Kier alpha value is -2.20. The van der Waals surface area contributed by atoms with E-state index in [4.69, 9.17) is 11.6 Å². The first-order valence-electron chi connectivity index (χ1n) is 10.3. The normalized spacial score (nSPS) is 24.4. The van der Waals surface area contributed by atoms with Crippen molar-refractivity contribution in [3.8, 4) is 0 Å². The maximum Gasteiger partial charge on any atom is 0.225 e. The molecule has 1 aliphatic rings. The van der Waals surface area contributed by atoms with Crippen LogP contribution in [0.2, 0.25) is 4.34 Å². The van der Waals surface area contributed by atoms with E-state index in [0.29, 0.717) is 24.1 Å². The Morgan fingerprint density at radius 1 is 1.32 bits per heavy atom. The predicted molar refractivity (Wildman–Crippen MR) is 121 cm³/mol. The van der Waals surface area contributed by atoms with Crippen molar-refractivity contribution >= 4 is 45.7 Å². The van der Waals surface area contributed by atoms with Gasteiger partial charge in [0.2, 0.25) is 5.91 Å². The van der Waals surface area contributed by atoms with Gasteiger partial charge in [0.25, 0.3) is 0 Å². The van der Waals surface area contributed by atoms with Crippen molar-refractivity contribution < 1.29 is 15.0 Å². The Balaban J connectivity index is 1.55. The van der Waals surface area contributed by atoms with Crippen molar-refractivity contribution in [3.63, 3.8) is 0 Å². The number of fused-ring (bicyclic) bond motifs is 1. The summed E-state index contributed by atoms with van der Waals surface area (Å²) in [5, 5.41) is 27.3. The third kappa shape index (κ3) is 4.41. The zero-order chi connectivity index (χ0) is 22.1. The summed E-state index contributed by atoms with van der Waals surface area (Å²) in [6.45, 7) is 4.39. The number of aliphatic hydroxyl groups excluding tert-OH is 2. The Kier molecular flexibility index (Phi) is 6.47. The summed E-state index contributed by atoms with van der Waals surface area (Å²) in [7, 11) is 0. The van der Waals surface area contributed by atoms with E-state index in [1.54, 1.807) is 28.4 Å². The SMILES string of the molecule is CCNC(=O)[C@@H]1C[C@H](n2cnc3c(NC(C)Cc4ccc(Cl)s4)ccnc32)[C@@H](O)[C@H]1O.